The van der Waals surface area contributed by atoms with Crippen LogP contribution < -0.4 is 15.4 Å². The third-order valence-corrected chi connectivity index (χ3v) is 4.36. The molecule has 0 saturated carbocycles. The van der Waals surface area contributed by atoms with E-state index in [1.807, 2.05) is 17.0 Å². The van der Waals surface area contributed by atoms with Crippen LogP contribution in [0.3, 0.4) is 0 Å². The lowest BCUT2D eigenvalue weighted by atomic mass is 9.86. The predicted molar refractivity (Wildman–Crippen MR) is 88.7 cm³/mol. The first-order chi connectivity index (χ1) is 11.0. The number of methoxy groups -OCH3 is 1. The number of benzene rings is 1. The summed E-state index contributed by atoms with van der Waals surface area (Å²) >= 11 is 5.91. The van der Waals surface area contributed by atoms with Gasteiger partial charge < -0.3 is 15.4 Å². The van der Waals surface area contributed by atoms with Gasteiger partial charge in [-0.2, -0.15) is 4.98 Å². The normalized spacial score (nSPS) is 17.1. The molecule has 2 aromatic rings. The number of ether oxygens (including phenoxy) is 1. The molecule has 1 aliphatic heterocycles. The molecule has 0 bridgehead atoms. The summed E-state index contributed by atoms with van der Waals surface area (Å²) in [6, 6.07) is 8.84. The van der Waals surface area contributed by atoms with E-state index in [1.165, 1.54) is 0 Å². The van der Waals surface area contributed by atoms with Gasteiger partial charge in [0.1, 0.15) is 22.4 Å². The molecular weight excluding hydrogens is 319 g/mol. The number of nitrogens with two attached hydrogens (primary N) is 1. The second-order valence-corrected chi connectivity index (χ2v) is 5.98. The average Bonchev–Trinajstić information content (AvgIpc) is 2.54. The summed E-state index contributed by atoms with van der Waals surface area (Å²) in [6.07, 6.45) is 0.726. The minimum atomic E-state index is -1.37. The maximum atomic E-state index is 15.3. The molecule has 1 aliphatic rings. The minimum absolute atomic E-state index is 0.123. The van der Waals surface area contributed by atoms with Crippen LogP contribution in [0.15, 0.2) is 30.3 Å². The highest BCUT2D eigenvalue weighted by Crippen LogP contribution is 2.39. The van der Waals surface area contributed by atoms with Crippen molar-refractivity contribution in [3.63, 3.8) is 0 Å². The number of nitrogens with zero attached hydrogens (tertiary/aromatic N) is 3. The van der Waals surface area contributed by atoms with Crippen LogP contribution in [0.1, 0.15) is 18.4 Å². The molecule has 0 aliphatic carbocycles. The van der Waals surface area contributed by atoms with Crippen molar-refractivity contribution in [3.05, 3.63) is 41.0 Å². The lowest BCUT2D eigenvalue weighted by Gasteiger charge is -2.37. The summed E-state index contributed by atoms with van der Waals surface area (Å²) in [5.74, 6) is 1.42. The lowest BCUT2D eigenvalue weighted by Crippen LogP contribution is -2.40. The summed E-state index contributed by atoms with van der Waals surface area (Å²) in [4.78, 5) is 9.99. The van der Waals surface area contributed by atoms with Gasteiger partial charge in [-0.15, -0.1) is 0 Å². The summed E-state index contributed by atoms with van der Waals surface area (Å²) in [7, 11) is 1.58. The van der Waals surface area contributed by atoms with Gasteiger partial charge in [0.25, 0.3) is 0 Å². The van der Waals surface area contributed by atoms with E-state index in [4.69, 9.17) is 22.1 Å². The molecule has 0 amide bonds. The Morgan fingerprint density at radius 1 is 1.26 bits per heavy atom. The molecule has 1 aromatic carbocycles. The Labute approximate surface area is 139 Å². The molecular formula is C16H18ClFN4O. The lowest BCUT2D eigenvalue weighted by molar-refractivity contribution is 0.124. The molecule has 0 unspecified atom stereocenters. The van der Waals surface area contributed by atoms with E-state index in [1.54, 1.807) is 25.3 Å². The smallest absolute Gasteiger partial charge is 0.223 e. The number of aromatic nitrogens is 2. The fourth-order valence-corrected chi connectivity index (χ4v) is 3.05. The monoisotopic (exact) mass is 336 g/mol. The number of anilines is 2. The van der Waals surface area contributed by atoms with E-state index in [0.29, 0.717) is 43.1 Å². The Hall–Kier alpha value is -2.08. The molecule has 23 heavy (non-hydrogen) atoms. The fourth-order valence-electron chi connectivity index (χ4n) is 2.87. The minimum Gasteiger partial charge on any atom is -0.497 e. The molecule has 0 atom stereocenters. The highest BCUT2D eigenvalue weighted by Gasteiger charge is 2.37. The standard InChI is InChI=1S/C16H18ClFN4O/c1-23-12-4-2-3-11(9-12)16(18)5-7-22(8-6-16)14-10-13(17)20-15(19)21-14/h2-4,9-10H,5-8H2,1H3,(H2,19,20,21). The van der Waals surface area contributed by atoms with Crippen LogP contribution in [-0.2, 0) is 5.67 Å². The Bertz CT molecular complexity index is 684. The maximum absolute atomic E-state index is 15.3. The number of halogens is 2. The van der Waals surface area contributed by atoms with Crippen molar-refractivity contribution in [1.82, 2.24) is 9.97 Å². The first kappa shape index (κ1) is 15.8. The van der Waals surface area contributed by atoms with Crippen LogP contribution in [0.2, 0.25) is 5.15 Å². The molecule has 2 heterocycles. The Morgan fingerprint density at radius 2 is 2.00 bits per heavy atom. The van der Waals surface area contributed by atoms with Crippen LogP contribution in [0, 0.1) is 0 Å². The number of nitrogen functional groups attached to an aromatic ring is 1. The van der Waals surface area contributed by atoms with Crippen LogP contribution in [0.4, 0.5) is 16.2 Å². The maximum Gasteiger partial charge on any atom is 0.223 e. The summed E-state index contributed by atoms with van der Waals surface area (Å²) in [5.41, 5.74) is 4.90. The van der Waals surface area contributed by atoms with Crippen molar-refractivity contribution in [2.24, 2.45) is 0 Å². The summed E-state index contributed by atoms with van der Waals surface area (Å²) in [6.45, 7) is 1.06. The fraction of sp³-hybridized carbons (Fsp3) is 0.375. The highest BCUT2D eigenvalue weighted by molar-refractivity contribution is 6.29. The van der Waals surface area contributed by atoms with E-state index < -0.39 is 5.67 Å². The molecule has 122 valence electrons. The third-order valence-electron chi connectivity index (χ3n) is 4.17. The third kappa shape index (κ3) is 3.32. The zero-order valence-electron chi connectivity index (χ0n) is 12.8. The first-order valence-corrected chi connectivity index (χ1v) is 7.76. The first-order valence-electron chi connectivity index (χ1n) is 7.39. The zero-order chi connectivity index (χ0) is 16.4. The molecule has 1 fully saturated rings. The molecule has 5 nitrogen and oxygen atoms in total. The summed E-state index contributed by atoms with van der Waals surface area (Å²) in [5, 5.41) is 0.289. The van der Waals surface area contributed by atoms with Crippen molar-refractivity contribution in [2.75, 3.05) is 30.8 Å². The molecule has 7 heteroatoms. The van der Waals surface area contributed by atoms with Crippen LogP contribution in [0.5, 0.6) is 5.75 Å². The van der Waals surface area contributed by atoms with Crippen LogP contribution >= 0.6 is 11.6 Å². The molecule has 3 rings (SSSR count). The quantitative estimate of drug-likeness (QED) is 0.872. The molecule has 1 aromatic heterocycles. The molecule has 0 spiro atoms. The number of hydrogen-bond acceptors (Lipinski definition) is 5. The predicted octanol–water partition coefficient (Wildman–Crippen LogP) is 3.19. The van der Waals surface area contributed by atoms with Crippen molar-refractivity contribution >= 4 is 23.4 Å². The van der Waals surface area contributed by atoms with Gasteiger partial charge in [-0.3, -0.25) is 0 Å². The Kier molecular flexibility index (Phi) is 4.26. The number of rotatable bonds is 3. The van der Waals surface area contributed by atoms with E-state index in [2.05, 4.69) is 9.97 Å². The molecule has 2 N–H and O–H groups in total. The van der Waals surface area contributed by atoms with Gasteiger partial charge in [-0.05, 0) is 17.7 Å². The van der Waals surface area contributed by atoms with E-state index in [9.17, 15) is 0 Å². The average molecular weight is 337 g/mol. The second kappa shape index (κ2) is 6.20. The van der Waals surface area contributed by atoms with Gasteiger partial charge in [0.05, 0.1) is 7.11 Å². The molecule has 1 saturated heterocycles. The van der Waals surface area contributed by atoms with Crippen molar-refractivity contribution in [2.45, 2.75) is 18.5 Å². The number of piperidine rings is 1. The van der Waals surface area contributed by atoms with Crippen molar-refractivity contribution < 1.29 is 9.13 Å². The van der Waals surface area contributed by atoms with Crippen LogP contribution in [0.25, 0.3) is 0 Å². The largest absolute Gasteiger partial charge is 0.497 e. The van der Waals surface area contributed by atoms with Gasteiger partial charge in [-0.1, -0.05) is 23.7 Å². The van der Waals surface area contributed by atoms with E-state index in [-0.39, 0.29) is 11.1 Å². The second-order valence-electron chi connectivity index (χ2n) is 5.59. The highest BCUT2D eigenvalue weighted by atomic mass is 35.5. The SMILES string of the molecule is COc1cccc(C2(F)CCN(c3cc(Cl)nc(N)n3)CC2)c1. The van der Waals surface area contributed by atoms with Gasteiger partial charge in [0, 0.05) is 32.0 Å². The van der Waals surface area contributed by atoms with Gasteiger partial charge in [0.2, 0.25) is 5.95 Å². The zero-order valence-corrected chi connectivity index (χ0v) is 13.6. The Morgan fingerprint density at radius 3 is 2.65 bits per heavy atom. The number of hydrogen-bond donors (Lipinski definition) is 1. The van der Waals surface area contributed by atoms with E-state index >= 15 is 4.39 Å². The van der Waals surface area contributed by atoms with Gasteiger partial charge >= 0.3 is 0 Å². The van der Waals surface area contributed by atoms with Gasteiger partial charge in [-0.25, -0.2) is 9.37 Å². The van der Waals surface area contributed by atoms with Crippen molar-refractivity contribution in [3.8, 4) is 5.75 Å². The van der Waals surface area contributed by atoms with Crippen LogP contribution in [-0.4, -0.2) is 30.2 Å². The van der Waals surface area contributed by atoms with E-state index in [0.717, 1.165) is 0 Å². The summed E-state index contributed by atoms with van der Waals surface area (Å²) < 4.78 is 20.5. The Balaban J connectivity index is 1.76. The van der Waals surface area contributed by atoms with Crippen molar-refractivity contribution in [1.29, 1.82) is 0 Å². The molecule has 0 radical (unpaired) electrons. The van der Waals surface area contributed by atoms with Gasteiger partial charge in [0.15, 0.2) is 0 Å². The number of alkyl halides is 1. The topological polar surface area (TPSA) is 64.3 Å².